The lowest BCUT2D eigenvalue weighted by Crippen LogP contribution is -2.30. The monoisotopic (exact) mass is 391 g/mol. The van der Waals surface area contributed by atoms with Crippen LogP contribution in [-0.4, -0.2) is 19.3 Å². The molecule has 0 aliphatic carbocycles. The molecule has 0 aliphatic heterocycles. The van der Waals surface area contributed by atoms with Gasteiger partial charge in [0, 0.05) is 23.5 Å². The van der Waals surface area contributed by atoms with Gasteiger partial charge in [-0.15, -0.1) is 11.3 Å². The molecule has 0 bridgehead atoms. The van der Waals surface area contributed by atoms with Gasteiger partial charge in [-0.05, 0) is 55.1 Å². The summed E-state index contributed by atoms with van der Waals surface area (Å²) in [5.41, 5.74) is 1.61. The second-order valence-electron chi connectivity index (χ2n) is 5.84. The first-order valence-corrected chi connectivity index (χ1v) is 10.6. The molecule has 0 amide bonds. The average Bonchev–Trinajstić information content (AvgIpc) is 3.30. The van der Waals surface area contributed by atoms with E-state index in [1.807, 2.05) is 31.4 Å². The van der Waals surface area contributed by atoms with E-state index in [0.717, 1.165) is 16.0 Å². The number of hydrogen-bond acceptors (Lipinski definition) is 5. The molecule has 2 heterocycles. The highest BCUT2D eigenvalue weighted by atomic mass is 32.2. The summed E-state index contributed by atoms with van der Waals surface area (Å²) in [6, 6.07) is 10.6. The molecule has 0 saturated carbocycles. The zero-order chi connectivity index (χ0) is 18.6. The van der Waals surface area contributed by atoms with Crippen LogP contribution in [-0.2, 0) is 23.1 Å². The Hall–Kier alpha value is -2.09. The van der Waals surface area contributed by atoms with Gasteiger partial charge in [0.1, 0.15) is 5.75 Å². The topological polar surface area (TPSA) is 59.8 Å². The SMILES string of the molecule is CCOc1ccc(S(=O)(=O)N(Cc2ccoc2)Cc2cccs2)cc1C. The Bertz CT molecular complexity index is 896. The summed E-state index contributed by atoms with van der Waals surface area (Å²) >= 11 is 1.54. The van der Waals surface area contributed by atoms with Crippen LogP contribution in [0.4, 0.5) is 0 Å². The van der Waals surface area contributed by atoms with E-state index in [4.69, 9.17) is 9.15 Å². The number of sulfonamides is 1. The van der Waals surface area contributed by atoms with E-state index in [1.54, 1.807) is 36.8 Å². The molecule has 0 fully saturated rings. The number of nitrogens with zero attached hydrogens (tertiary/aromatic N) is 1. The molecule has 0 spiro atoms. The van der Waals surface area contributed by atoms with Crippen LogP contribution in [0, 0.1) is 6.92 Å². The average molecular weight is 392 g/mol. The van der Waals surface area contributed by atoms with Crippen LogP contribution in [0.5, 0.6) is 5.75 Å². The number of aryl methyl sites for hydroxylation is 1. The number of thiophene rings is 1. The summed E-state index contributed by atoms with van der Waals surface area (Å²) in [5, 5.41) is 1.94. The Morgan fingerprint density at radius 2 is 2.04 bits per heavy atom. The number of furan rings is 1. The first-order chi connectivity index (χ1) is 12.5. The molecule has 3 aromatic rings. The molecule has 2 aromatic heterocycles. The van der Waals surface area contributed by atoms with E-state index in [9.17, 15) is 8.42 Å². The van der Waals surface area contributed by atoms with Crippen LogP contribution in [0.25, 0.3) is 0 Å². The highest BCUT2D eigenvalue weighted by Crippen LogP contribution is 2.27. The normalized spacial score (nSPS) is 11.8. The van der Waals surface area contributed by atoms with Crippen molar-refractivity contribution in [3.05, 3.63) is 70.3 Å². The lowest BCUT2D eigenvalue weighted by Gasteiger charge is -2.22. The van der Waals surface area contributed by atoms with Crippen LogP contribution in [0.15, 0.2) is 63.6 Å². The molecule has 0 N–H and O–H groups in total. The maximum atomic E-state index is 13.3. The van der Waals surface area contributed by atoms with Gasteiger partial charge in [0.25, 0.3) is 0 Å². The molecule has 0 aliphatic rings. The number of hydrogen-bond donors (Lipinski definition) is 0. The third kappa shape index (κ3) is 4.17. The maximum Gasteiger partial charge on any atom is 0.243 e. The van der Waals surface area contributed by atoms with E-state index in [0.29, 0.717) is 18.9 Å². The fourth-order valence-electron chi connectivity index (χ4n) is 2.64. The second-order valence-corrected chi connectivity index (χ2v) is 8.81. The molecule has 138 valence electrons. The smallest absolute Gasteiger partial charge is 0.243 e. The van der Waals surface area contributed by atoms with Gasteiger partial charge in [0.05, 0.1) is 24.0 Å². The van der Waals surface area contributed by atoms with Crippen molar-refractivity contribution < 1.29 is 17.6 Å². The second kappa shape index (κ2) is 8.07. The molecule has 0 saturated heterocycles. The molecule has 0 radical (unpaired) electrons. The minimum Gasteiger partial charge on any atom is -0.494 e. The standard InChI is InChI=1S/C19H21NO4S2/c1-3-24-19-7-6-18(11-15(19)2)26(21,22)20(12-16-8-9-23-14-16)13-17-5-4-10-25-17/h4-11,14H,3,12-13H2,1-2H3. The summed E-state index contributed by atoms with van der Waals surface area (Å²) in [6.45, 7) is 4.86. The van der Waals surface area contributed by atoms with Crippen LogP contribution in [0.1, 0.15) is 22.9 Å². The van der Waals surface area contributed by atoms with Crippen molar-refractivity contribution in [1.29, 1.82) is 0 Å². The quantitative estimate of drug-likeness (QED) is 0.570. The Morgan fingerprint density at radius 3 is 2.65 bits per heavy atom. The van der Waals surface area contributed by atoms with Gasteiger partial charge in [-0.25, -0.2) is 8.42 Å². The van der Waals surface area contributed by atoms with Gasteiger partial charge < -0.3 is 9.15 Å². The summed E-state index contributed by atoms with van der Waals surface area (Å²) in [4.78, 5) is 1.25. The first kappa shape index (κ1) is 18.7. The van der Waals surface area contributed by atoms with Gasteiger partial charge in [0.15, 0.2) is 0 Å². The van der Waals surface area contributed by atoms with Crippen LogP contribution in [0.3, 0.4) is 0 Å². The van der Waals surface area contributed by atoms with Crippen molar-refractivity contribution in [3.8, 4) is 5.75 Å². The Morgan fingerprint density at radius 1 is 1.19 bits per heavy atom. The van der Waals surface area contributed by atoms with Crippen LogP contribution >= 0.6 is 11.3 Å². The van der Waals surface area contributed by atoms with Crippen LogP contribution < -0.4 is 4.74 Å². The summed E-state index contributed by atoms with van der Waals surface area (Å²) in [5.74, 6) is 0.700. The van der Waals surface area contributed by atoms with Gasteiger partial charge in [0.2, 0.25) is 10.0 Å². The Labute approximate surface area is 157 Å². The fourth-order valence-corrected chi connectivity index (χ4v) is 4.93. The zero-order valence-corrected chi connectivity index (χ0v) is 16.3. The van der Waals surface area contributed by atoms with Gasteiger partial charge in [-0.3, -0.25) is 0 Å². The molecule has 3 rings (SSSR count). The lowest BCUT2D eigenvalue weighted by atomic mass is 10.2. The van der Waals surface area contributed by atoms with Gasteiger partial charge in [-0.1, -0.05) is 6.07 Å². The molecule has 0 atom stereocenters. The first-order valence-electron chi connectivity index (χ1n) is 8.27. The number of rotatable bonds is 8. The molecular formula is C19H21NO4S2. The molecule has 5 nitrogen and oxygen atoms in total. The number of ether oxygens (including phenoxy) is 1. The Balaban J connectivity index is 1.94. The summed E-state index contributed by atoms with van der Waals surface area (Å²) < 4.78 is 38.6. The fraction of sp³-hybridized carbons (Fsp3) is 0.263. The van der Waals surface area contributed by atoms with Crippen molar-refractivity contribution in [2.75, 3.05) is 6.61 Å². The minimum atomic E-state index is -3.66. The molecule has 0 unspecified atom stereocenters. The van der Waals surface area contributed by atoms with Crippen molar-refractivity contribution in [3.63, 3.8) is 0 Å². The maximum absolute atomic E-state index is 13.3. The summed E-state index contributed by atoms with van der Waals surface area (Å²) in [6.07, 6.45) is 3.12. The predicted octanol–water partition coefficient (Wildman–Crippen LogP) is 4.44. The highest BCUT2D eigenvalue weighted by molar-refractivity contribution is 7.89. The zero-order valence-electron chi connectivity index (χ0n) is 14.7. The third-order valence-electron chi connectivity index (χ3n) is 3.94. The predicted molar refractivity (Wildman–Crippen MR) is 102 cm³/mol. The van der Waals surface area contributed by atoms with Crippen LogP contribution in [0.2, 0.25) is 0 Å². The van der Waals surface area contributed by atoms with E-state index >= 15 is 0 Å². The van der Waals surface area contributed by atoms with Gasteiger partial charge in [-0.2, -0.15) is 4.31 Å². The Kier molecular flexibility index (Phi) is 5.80. The molecular weight excluding hydrogens is 370 g/mol. The van der Waals surface area contributed by atoms with E-state index in [2.05, 4.69) is 0 Å². The molecule has 7 heteroatoms. The molecule has 26 heavy (non-hydrogen) atoms. The van der Waals surface area contributed by atoms with E-state index in [-0.39, 0.29) is 11.4 Å². The van der Waals surface area contributed by atoms with Gasteiger partial charge >= 0.3 is 0 Å². The highest BCUT2D eigenvalue weighted by Gasteiger charge is 2.26. The van der Waals surface area contributed by atoms with Crippen molar-refractivity contribution >= 4 is 21.4 Å². The van der Waals surface area contributed by atoms with Crippen molar-refractivity contribution in [2.24, 2.45) is 0 Å². The molecule has 1 aromatic carbocycles. The van der Waals surface area contributed by atoms with E-state index in [1.165, 1.54) is 15.6 Å². The number of benzene rings is 1. The lowest BCUT2D eigenvalue weighted by molar-refractivity contribution is 0.337. The largest absolute Gasteiger partial charge is 0.494 e. The van der Waals surface area contributed by atoms with Crippen molar-refractivity contribution in [1.82, 2.24) is 4.31 Å². The summed E-state index contributed by atoms with van der Waals surface area (Å²) in [7, 11) is -3.66. The van der Waals surface area contributed by atoms with E-state index < -0.39 is 10.0 Å². The third-order valence-corrected chi connectivity index (χ3v) is 6.58. The minimum absolute atomic E-state index is 0.253. The van der Waals surface area contributed by atoms with Crippen molar-refractivity contribution in [2.45, 2.75) is 31.8 Å².